The van der Waals surface area contributed by atoms with Gasteiger partial charge in [0.15, 0.2) is 11.5 Å². The number of nitrogens with one attached hydrogen (secondary N) is 2. The predicted molar refractivity (Wildman–Crippen MR) is 111 cm³/mol. The number of halogens is 1. The van der Waals surface area contributed by atoms with Gasteiger partial charge in [-0.1, -0.05) is 24.3 Å². The Morgan fingerprint density at radius 1 is 1.03 bits per heavy atom. The molecule has 5 rings (SSSR count). The van der Waals surface area contributed by atoms with Gasteiger partial charge in [0, 0.05) is 13.0 Å². The molecule has 2 aromatic carbocycles. The zero-order chi connectivity index (χ0) is 20.5. The molecule has 0 saturated heterocycles. The third-order valence-electron chi connectivity index (χ3n) is 4.79. The van der Waals surface area contributed by atoms with Crippen LogP contribution in [0.4, 0.5) is 10.2 Å². The van der Waals surface area contributed by atoms with Gasteiger partial charge in [-0.25, -0.2) is 24.3 Å². The van der Waals surface area contributed by atoms with E-state index in [0.717, 1.165) is 0 Å². The van der Waals surface area contributed by atoms with Crippen molar-refractivity contribution >= 4 is 27.9 Å². The van der Waals surface area contributed by atoms with Crippen molar-refractivity contribution in [3.8, 4) is 5.69 Å². The molecule has 148 valence electrons. The molecule has 0 saturated carbocycles. The lowest BCUT2D eigenvalue weighted by Gasteiger charge is -2.14. The Morgan fingerprint density at radius 3 is 2.77 bits per heavy atom. The Kier molecular flexibility index (Phi) is 4.40. The monoisotopic (exact) mass is 401 g/mol. The number of aromatic amines is 1. The van der Waals surface area contributed by atoms with Gasteiger partial charge in [0.25, 0.3) is 5.56 Å². The van der Waals surface area contributed by atoms with Gasteiger partial charge in [0.2, 0.25) is 0 Å². The van der Waals surface area contributed by atoms with Crippen molar-refractivity contribution in [1.82, 2.24) is 29.5 Å². The lowest BCUT2D eigenvalue weighted by Crippen LogP contribution is -2.26. The Bertz CT molecular complexity index is 1410. The van der Waals surface area contributed by atoms with Crippen molar-refractivity contribution in [2.75, 3.05) is 11.9 Å². The molecule has 9 heteroatoms. The van der Waals surface area contributed by atoms with Crippen LogP contribution in [0, 0.1) is 5.82 Å². The molecule has 5 aromatic rings. The number of benzene rings is 2. The van der Waals surface area contributed by atoms with Crippen LogP contribution in [0.5, 0.6) is 0 Å². The van der Waals surface area contributed by atoms with Crippen LogP contribution >= 0.6 is 0 Å². The molecule has 0 radical (unpaired) electrons. The summed E-state index contributed by atoms with van der Waals surface area (Å²) in [4.78, 5) is 33.2. The van der Waals surface area contributed by atoms with E-state index in [9.17, 15) is 9.18 Å². The summed E-state index contributed by atoms with van der Waals surface area (Å²) in [5, 5.41) is 3.21. The number of fused-ring (bicyclic) bond motifs is 2. The maximum absolute atomic E-state index is 14.4. The number of anilines is 1. The number of nitrogens with zero attached hydrogens (tertiary/aromatic N) is 5. The molecule has 2 N–H and O–H groups in total. The second-order valence-electron chi connectivity index (χ2n) is 6.64. The van der Waals surface area contributed by atoms with Crippen molar-refractivity contribution in [3.05, 3.63) is 83.2 Å². The SMILES string of the molecule is O=c1c2c(F)cccc2nc(CCNc2ncnc3nc[nH]c23)n1-c1ccccc1. The first-order valence-electron chi connectivity index (χ1n) is 9.36. The fourth-order valence-electron chi connectivity index (χ4n) is 3.44. The van der Waals surface area contributed by atoms with Gasteiger partial charge in [0.1, 0.15) is 28.9 Å². The highest BCUT2D eigenvalue weighted by Crippen LogP contribution is 2.17. The van der Waals surface area contributed by atoms with Crippen molar-refractivity contribution < 1.29 is 4.39 Å². The van der Waals surface area contributed by atoms with Gasteiger partial charge in [-0.15, -0.1) is 0 Å². The van der Waals surface area contributed by atoms with Crippen LogP contribution in [0.3, 0.4) is 0 Å². The first-order valence-corrected chi connectivity index (χ1v) is 9.36. The lowest BCUT2D eigenvalue weighted by atomic mass is 10.2. The minimum absolute atomic E-state index is 0.0203. The molecule has 8 nitrogen and oxygen atoms in total. The van der Waals surface area contributed by atoms with Gasteiger partial charge >= 0.3 is 0 Å². The Morgan fingerprint density at radius 2 is 1.90 bits per heavy atom. The maximum Gasteiger partial charge on any atom is 0.268 e. The molecular weight excluding hydrogens is 385 g/mol. The molecule has 0 aliphatic carbocycles. The van der Waals surface area contributed by atoms with E-state index in [1.54, 1.807) is 30.6 Å². The zero-order valence-corrected chi connectivity index (χ0v) is 15.7. The number of para-hydroxylation sites is 1. The predicted octanol–water partition coefficient (Wildman–Crippen LogP) is 2.85. The number of H-pyrrole nitrogens is 1. The van der Waals surface area contributed by atoms with Gasteiger partial charge < -0.3 is 10.3 Å². The van der Waals surface area contributed by atoms with E-state index in [1.807, 2.05) is 18.2 Å². The average molecular weight is 401 g/mol. The molecule has 0 bridgehead atoms. The molecule has 0 aliphatic heterocycles. The highest BCUT2D eigenvalue weighted by Gasteiger charge is 2.15. The standard InChI is InChI=1S/C21H16FN7O/c22-14-7-4-8-15-17(14)21(30)29(13-5-2-1-3-6-13)16(28-15)9-10-23-19-18-20(25-11-24-18)27-12-26-19/h1-8,11-12H,9-10H2,(H2,23,24,25,26,27). The van der Waals surface area contributed by atoms with Gasteiger partial charge in [-0.2, -0.15) is 0 Å². The quantitative estimate of drug-likeness (QED) is 0.470. The van der Waals surface area contributed by atoms with Crippen LogP contribution in [0.1, 0.15) is 5.82 Å². The molecule has 0 spiro atoms. The van der Waals surface area contributed by atoms with Crippen molar-refractivity contribution in [3.63, 3.8) is 0 Å². The summed E-state index contributed by atoms with van der Waals surface area (Å²) in [5.74, 6) is 0.548. The minimum atomic E-state index is -0.582. The largest absolute Gasteiger partial charge is 0.368 e. The van der Waals surface area contributed by atoms with E-state index in [4.69, 9.17) is 0 Å². The molecule has 3 aromatic heterocycles. The van der Waals surface area contributed by atoms with Crippen LogP contribution in [0.15, 0.2) is 66.0 Å². The van der Waals surface area contributed by atoms with Crippen LogP contribution < -0.4 is 10.9 Å². The van der Waals surface area contributed by atoms with Gasteiger partial charge in [-0.05, 0) is 24.3 Å². The Hall–Kier alpha value is -4.14. The second kappa shape index (κ2) is 7.36. The zero-order valence-electron chi connectivity index (χ0n) is 15.7. The second-order valence-corrected chi connectivity index (χ2v) is 6.64. The summed E-state index contributed by atoms with van der Waals surface area (Å²) in [5.41, 5.74) is 1.80. The molecule has 30 heavy (non-hydrogen) atoms. The number of hydrogen-bond donors (Lipinski definition) is 2. The molecule has 3 heterocycles. The van der Waals surface area contributed by atoms with E-state index in [0.29, 0.717) is 47.0 Å². The van der Waals surface area contributed by atoms with Crippen LogP contribution in [-0.4, -0.2) is 36.0 Å². The Labute approximate surface area is 169 Å². The van der Waals surface area contributed by atoms with Crippen LogP contribution in [0.25, 0.3) is 27.8 Å². The summed E-state index contributed by atoms with van der Waals surface area (Å²) < 4.78 is 15.8. The van der Waals surface area contributed by atoms with Crippen LogP contribution in [-0.2, 0) is 6.42 Å². The van der Waals surface area contributed by atoms with E-state index in [1.165, 1.54) is 17.0 Å². The normalized spacial score (nSPS) is 11.2. The first kappa shape index (κ1) is 17.9. The number of imidazole rings is 1. The van der Waals surface area contributed by atoms with E-state index < -0.39 is 11.4 Å². The molecular formula is C21H16FN7O. The number of rotatable bonds is 5. The Balaban J connectivity index is 1.54. The molecule has 0 amide bonds. The van der Waals surface area contributed by atoms with Crippen molar-refractivity contribution in [2.45, 2.75) is 6.42 Å². The van der Waals surface area contributed by atoms with Crippen LogP contribution in [0.2, 0.25) is 0 Å². The summed E-state index contributed by atoms with van der Waals surface area (Å²) in [6.07, 6.45) is 3.40. The third kappa shape index (κ3) is 3.06. The summed E-state index contributed by atoms with van der Waals surface area (Å²) >= 11 is 0. The van der Waals surface area contributed by atoms with E-state index in [-0.39, 0.29) is 5.39 Å². The fourth-order valence-corrected chi connectivity index (χ4v) is 3.44. The van der Waals surface area contributed by atoms with E-state index >= 15 is 0 Å². The van der Waals surface area contributed by atoms with Crippen molar-refractivity contribution in [2.24, 2.45) is 0 Å². The smallest absolute Gasteiger partial charge is 0.268 e. The average Bonchev–Trinajstić information content (AvgIpc) is 3.24. The first-order chi connectivity index (χ1) is 14.7. The maximum atomic E-state index is 14.4. The summed E-state index contributed by atoms with van der Waals surface area (Å²) in [6, 6.07) is 13.6. The summed E-state index contributed by atoms with van der Waals surface area (Å²) in [6.45, 7) is 0.450. The van der Waals surface area contributed by atoms with E-state index in [2.05, 4.69) is 30.2 Å². The van der Waals surface area contributed by atoms with Crippen molar-refractivity contribution in [1.29, 1.82) is 0 Å². The highest BCUT2D eigenvalue weighted by atomic mass is 19.1. The van der Waals surface area contributed by atoms with Gasteiger partial charge in [-0.3, -0.25) is 9.36 Å². The number of hydrogen-bond acceptors (Lipinski definition) is 6. The molecule has 0 atom stereocenters. The number of aromatic nitrogens is 6. The van der Waals surface area contributed by atoms with Gasteiger partial charge in [0.05, 0.1) is 17.5 Å². The topological polar surface area (TPSA) is 101 Å². The molecule has 0 fully saturated rings. The summed E-state index contributed by atoms with van der Waals surface area (Å²) in [7, 11) is 0. The minimum Gasteiger partial charge on any atom is -0.368 e. The molecule has 0 unspecified atom stereocenters. The highest BCUT2D eigenvalue weighted by molar-refractivity contribution is 5.82. The lowest BCUT2D eigenvalue weighted by molar-refractivity contribution is 0.636. The molecule has 0 aliphatic rings. The third-order valence-corrected chi connectivity index (χ3v) is 4.79. The fraction of sp³-hybridized carbons (Fsp3) is 0.0952.